The zero-order valence-electron chi connectivity index (χ0n) is 16.5. The van der Waals surface area contributed by atoms with Gasteiger partial charge in [-0.3, -0.25) is 4.79 Å². The first-order valence-corrected chi connectivity index (χ1v) is 9.46. The minimum atomic E-state index is 0.00917. The summed E-state index contributed by atoms with van der Waals surface area (Å²) in [4.78, 5) is 18.9. The van der Waals surface area contributed by atoms with E-state index in [1.165, 1.54) is 0 Å². The lowest BCUT2D eigenvalue weighted by Crippen LogP contribution is -2.45. The molecule has 1 amide bonds. The summed E-state index contributed by atoms with van der Waals surface area (Å²) in [6, 6.07) is 4.03. The summed E-state index contributed by atoms with van der Waals surface area (Å²) in [5.74, 6) is 1.74. The first-order chi connectivity index (χ1) is 12.9. The maximum atomic E-state index is 12.1. The largest absolute Gasteiger partial charge is 0.372 e. The van der Waals surface area contributed by atoms with Crippen molar-refractivity contribution in [2.24, 2.45) is 0 Å². The Morgan fingerprint density at radius 3 is 2.59 bits per heavy atom. The lowest BCUT2D eigenvalue weighted by molar-refractivity contribution is -0.121. The molecule has 0 spiro atoms. The molecule has 2 aromatic heterocycles. The van der Waals surface area contributed by atoms with E-state index < -0.39 is 0 Å². The molecular formula is C20H28N4O3. The molecule has 0 aromatic carbocycles. The van der Waals surface area contributed by atoms with Gasteiger partial charge in [0.1, 0.15) is 11.6 Å². The van der Waals surface area contributed by atoms with Crippen molar-refractivity contribution in [1.29, 1.82) is 0 Å². The summed E-state index contributed by atoms with van der Waals surface area (Å²) in [5, 5.41) is 6.87. The van der Waals surface area contributed by atoms with Crippen molar-refractivity contribution >= 4 is 11.7 Å². The summed E-state index contributed by atoms with van der Waals surface area (Å²) in [5.41, 5.74) is 2.86. The van der Waals surface area contributed by atoms with Gasteiger partial charge in [0.05, 0.1) is 17.9 Å². The van der Waals surface area contributed by atoms with Crippen LogP contribution in [0, 0.1) is 13.8 Å². The number of ether oxygens (including phenoxy) is 1. The first-order valence-electron chi connectivity index (χ1n) is 9.46. The van der Waals surface area contributed by atoms with Gasteiger partial charge in [0.2, 0.25) is 5.91 Å². The number of carbonyl (C=O) groups is 1. The number of morpholine rings is 1. The number of nitrogens with zero attached hydrogens (tertiary/aromatic N) is 3. The van der Waals surface area contributed by atoms with Crippen LogP contribution >= 0.6 is 0 Å². The van der Waals surface area contributed by atoms with Crippen molar-refractivity contribution in [3.63, 3.8) is 0 Å². The zero-order valence-corrected chi connectivity index (χ0v) is 16.5. The predicted octanol–water partition coefficient (Wildman–Crippen LogP) is 2.55. The number of hydrogen-bond acceptors (Lipinski definition) is 6. The fraction of sp³-hybridized carbons (Fsp3) is 0.550. The minimum absolute atomic E-state index is 0.00917. The molecule has 0 bridgehead atoms. The van der Waals surface area contributed by atoms with E-state index in [1.807, 2.05) is 32.2 Å². The molecule has 0 unspecified atom stereocenters. The van der Waals surface area contributed by atoms with Gasteiger partial charge >= 0.3 is 0 Å². The quantitative estimate of drug-likeness (QED) is 0.839. The summed E-state index contributed by atoms with van der Waals surface area (Å²) in [6.45, 7) is 10.1. The molecule has 7 nitrogen and oxygen atoms in total. The Hall–Kier alpha value is -2.41. The minimum Gasteiger partial charge on any atom is -0.372 e. The van der Waals surface area contributed by atoms with Gasteiger partial charge in [-0.1, -0.05) is 11.2 Å². The zero-order chi connectivity index (χ0) is 19.4. The van der Waals surface area contributed by atoms with Crippen LogP contribution in [0.4, 0.5) is 5.82 Å². The topological polar surface area (TPSA) is 80.5 Å². The van der Waals surface area contributed by atoms with Crippen molar-refractivity contribution < 1.29 is 14.1 Å². The number of nitrogens with one attached hydrogen (secondary N) is 1. The lowest BCUT2D eigenvalue weighted by Gasteiger charge is -2.36. The average Bonchev–Trinajstić information content (AvgIpc) is 2.96. The van der Waals surface area contributed by atoms with Crippen molar-refractivity contribution in [1.82, 2.24) is 15.5 Å². The third kappa shape index (κ3) is 5.07. The van der Waals surface area contributed by atoms with Gasteiger partial charge < -0.3 is 19.5 Å². The second-order valence-corrected chi connectivity index (χ2v) is 7.27. The van der Waals surface area contributed by atoms with E-state index in [1.54, 1.807) is 0 Å². The molecule has 0 saturated carbocycles. The smallest absolute Gasteiger partial charge is 0.220 e. The lowest BCUT2D eigenvalue weighted by atomic mass is 10.1. The summed E-state index contributed by atoms with van der Waals surface area (Å²) in [7, 11) is 0. The molecule has 27 heavy (non-hydrogen) atoms. The van der Waals surface area contributed by atoms with Gasteiger partial charge in [0.25, 0.3) is 0 Å². The van der Waals surface area contributed by atoms with E-state index >= 15 is 0 Å². The SMILES string of the molecule is Cc1noc(C)c1CCC(=O)NCc1ccc(N2C[C@H](C)O[C@@H](C)C2)nc1. The van der Waals surface area contributed by atoms with E-state index in [9.17, 15) is 4.79 Å². The highest BCUT2D eigenvalue weighted by Gasteiger charge is 2.23. The standard InChI is InChI=1S/C20H28N4O3/c1-13-11-24(12-14(2)26-13)19-7-5-17(9-21-19)10-22-20(25)8-6-18-15(3)23-27-16(18)4/h5,7,9,13-14H,6,8,10-12H2,1-4H3,(H,22,25)/t13-,14-/m0/s1. The van der Waals surface area contributed by atoms with E-state index in [4.69, 9.17) is 9.26 Å². The number of pyridine rings is 1. The average molecular weight is 372 g/mol. The Balaban J connectivity index is 1.47. The molecule has 146 valence electrons. The van der Waals surface area contributed by atoms with Crippen LogP contribution in [0.1, 0.15) is 42.8 Å². The molecule has 1 aliphatic rings. The number of rotatable bonds is 6. The van der Waals surface area contributed by atoms with Crippen LogP contribution in [0.25, 0.3) is 0 Å². The Labute approximate surface area is 160 Å². The van der Waals surface area contributed by atoms with Gasteiger partial charge in [-0.15, -0.1) is 0 Å². The van der Waals surface area contributed by atoms with Crippen molar-refractivity contribution in [2.45, 2.75) is 59.3 Å². The highest BCUT2D eigenvalue weighted by molar-refractivity contribution is 5.76. The van der Waals surface area contributed by atoms with E-state index in [0.717, 1.165) is 41.5 Å². The van der Waals surface area contributed by atoms with Gasteiger partial charge in [0.15, 0.2) is 0 Å². The van der Waals surface area contributed by atoms with Gasteiger partial charge in [-0.05, 0) is 45.7 Å². The number of aromatic nitrogens is 2. The molecule has 7 heteroatoms. The highest BCUT2D eigenvalue weighted by Crippen LogP contribution is 2.18. The number of hydrogen-bond donors (Lipinski definition) is 1. The van der Waals surface area contributed by atoms with Crippen LogP contribution in [0.3, 0.4) is 0 Å². The fourth-order valence-corrected chi connectivity index (χ4v) is 3.46. The Bertz CT molecular complexity index is 743. The number of carbonyl (C=O) groups excluding carboxylic acids is 1. The molecule has 1 N–H and O–H groups in total. The molecule has 0 aliphatic carbocycles. The summed E-state index contributed by atoms with van der Waals surface area (Å²) < 4.78 is 10.9. The van der Waals surface area contributed by atoms with Crippen LogP contribution in [-0.2, 0) is 22.5 Å². The molecular weight excluding hydrogens is 344 g/mol. The van der Waals surface area contributed by atoms with Crippen molar-refractivity contribution in [2.75, 3.05) is 18.0 Å². The molecule has 0 radical (unpaired) electrons. The second-order valence-electron chi connectivity index (χ2n) is 7.27. The predicted molar refractivity (Wildman–Crippen MR) is 103 cm³/mol. The van der Waals surface area contributed by atoms with Crippen LogP contribution in [0.2, 0.25) is 0 Å². The van der Waals surface area contributed by atoms with Gasteiger partial charge in [-0.25, -0.2) is 4.98 Å². The number of aryl methyl sites for hydroxylation is 2. The van der Waals surface area contributed by atoms with Crippen LogP contribution in [0.15, 0.2) is 22.9 Å². The molecule has 3 rings (SSSR count). The monoisotopic (exact) mass is 372 g/mol. The van der Waals surface area contributed by atoms with Crippen molar-refractivity contribution in [3.8, 4) is 0 Å². The summed E-state index contributed by atoms with van der Waals surface area (Å²) in [6.07, 6.45) is 3.28. The first kappa shape index (κ1) is 19.4. The van der Waals surface area contributed by atoms with Crippen LogP contribution in [0.5, 0.6) is 0 Å². The molecule has 1 fully saturated rings. The van der Waals surface area contributed by atoms with Crippen LogP contribution < -0.4 is 10.2 Å². The van der Waals surface area contributed by atoms with Gasteiger partial charge in [-0.2, -0.15) is 0 Å². The maximum Gasteiger partial charge on any atom is 0.220 e. The maximum absolute atomic E-state index is 12.1. The molecule has 2 atom stereocenters. The number of anilines is 1. The van der Waals surface area contributed by atoms with Crippen molar-refractivity contribution in [3.05, 3.63) is 40.9 Å². The Morgan fingerprint density at radius 1 is 1.26 bits per heavy atom. The van der Waals surface area contributed by atoms with Crippen LogP contribution in [-0.4, -0.2) is 41.3 Å². The van der Waals surface area contributed by atoms with E-state index in [0.29, 0.717) is 19.4 Å². The second kappa shape index (κ2) is 8.52. The third-order valence-corrected chi connectivity index (χ3v) is 4.83. The molecule has 2 aromatic rings. The molecule has 1 aliphatic heterocycles. The Morgan fingerprint density at radius 2 is 2.00 bits per heavy atom. The summed E-state index contributed by atoms with van der Waals surface area (Å²) >= 11 is 0. The van der Waals surface area contributed by atoms with E-state index in [2.05, 4.69) is 34.2 Å². The van der Waals surface area contributed by atoms with Gasteiger partial charge in [0, 0.05) is 37.8 Å². The Kier molecular flexibility index (Phi) is 6.11. The number of amides is 1. The highest BCUT2D eigenvalue weighted by atomic mass is 16.5. The fourth-order valence-electron chi connectivity index (χ4n) is 3.46. The molecule has 3 heterocycles. The van der Waals surface area contributed by atoms with E-state index in [-0.39, 0.29) is 18.1 Å². The third-order valence-electron chi connectivity index (χ3n) is 4.83. The normalized spacial score (nSPS) is 19.9. The molecule has 1 saturated heterocycles.